The molecule has 0 unspecified atom stereocenters. The highest BCUT2D eigenvalue weighted by molar-refractivity contribution is 7.22. The predicted octanol–water partition coefficient (Wildman–Crippen LogP) is 8.83. The second-order valence-electron chi connectivity index (χ2n) is 17.7. The molecule has 0 fully saturated rings. The summed E-state index contributed by atoms with van der Waals surface area (Å²) in [5.74, 6) is 0. The van der Waals surface area contributed by atoms with Crippen LogP contribution in [0.5, 0.6) is 0 Å². The molecule has 0 saturated heterocycles. The van der Waals surface area contributed by atoms with Crippen LogP contribution in [0.15, 0.2) is 206 Å². The molecule has 3 aliphatic heterocycles. The van der Waals surface area contributed by atoms with Crippen LogP contribution >= 0.6 is 0 Å². The van der Waals surface area contributed by atoms with E-state index in [1.807, 2.05) is 0 Å². The van der Waals surface area contributed by atoms with E-state index in [0.717, 1.165) is 0 Å². The van der Waals surface area contributed by atoms with E-state index in [0.29, 0.717) is 0 Å². The van der Waals surface area contributed by atoms with Crippen molar-refractivity contribution in [1.29, 1.82) is 0 Å². The van der Waals surface area contributed by atoms with Gasteiger partial charge in [0.05, 0.1) is 8.07 Å². The minimum absolute atomic E-state index is 0.0680. The van der Waals surface area contributed by atoms with Crippen molar-refractivity contribution >= 4 is 110 Å². The van der Waals surface area contributed by atoms with Gasteiger partial charge < -0.3 is 9.80 Å². The Morgan fingerprint density at radius 2 is 0.950 bits per heavy atom. The van der Waals surface area contributed by atoms with E-state index in [9.17, 15) is 0 Å². The molecule has 0 N–H and O–H groups in total. The van der Waals surface area contributed by atoms with E-state index in [1.165, 1.54) is 98.3 Å². The van der Waals surface area contributed by atoms with Gasteiger partial charge in [-0.25, -0.2) is 0 Å². The second kappa shape index (κ2) is 13.2. The van der Waals surface area contributed by atoms with Gasteiger partial charge in [0.2, 0.25) is 0 Å². The van der Waals surface area contributed by atoms with Gasteiger partial charge >= 0.3 is 0 Å². The summed E-state index contributed by atoms with van der Waals surface area (Å²) in [6.45, 7) is 7.54. The summed E-state index contributed by atoms with van der Waals surface area (Å²) in [4.78, 5) is 5.19. The van der Waals surface area contributed by atoms with Crippen LogP contribution in [0.4, 0.5) is 34.1 Å². The lowest BCUT2D eigenvalue weighted by molar-refractivity contribution is 1.26. The van der Waals surface area contributed by atoms with Crippen LogP contribution in [0.2, 0.25) is 19.6 Å². The molecule has 284 valence electrons. The molecule has 5 heteroatoms. The van der Waals surface area contributed by atoms with Crippen molar-refractivity contribution in [3.8, 4) is 11.1 Å². The van der Waals surface area contributed by atoms with Gasteiger partial charge in [-0.2, -0.15) is 0 Å². The van der Waals surface area contributed by atoms with Crippen molar-refractivity contribution in [3.05, 3.63) is 206 Å². The maximum atomic E-state index is 2.63. The monoisotopic (exact) mass is 798 g/mol. The first-order valence-corrected chi connectivity index (χ1v) is 26.7. The first-order valence-electron chi connectivity index (χ1n) is 21.2. The third-order valence-corrected chi connectivity index (χ3v) is 20.3. The van der Waals surface area contributed by atoms with Crippen LogP contribution in [0, 0.1) is 0 Å². The Balaban J connectivity index is 1.18. The van der Waals surface area contributed by atoms with Gasteiger partial charge in [-0.15, -0.1) is 0 Å². The Bertz CT molecular complexity index is 3120. The molecular weight excluding hydrogens is 756 g/mol. The van der Waals surface area contributed by atoms with Crippen LogP contribution in [0.25, 0.3) is 21.9 Å². The highest BCUT2D eigenvalue weighted by Gasteiger charge is 2.50. The van der Waals surface area contributed by atoms with E-state index in [2.05, 4.69) is 236 Å². The molecule has 0 bridgehead atoms. The largest absolute Gasteiger partial charge is 0.311 e. The maximum absolute atomic E-state index is 2.72. The summed E-state index contributed by atoms with van der Waals surface area (Å²) in [6, 6.07) is 78.6. The molecule has 0 atom stereocenters. The number of hydrogen-bond donors (Lipinski definition) is 0. The molecule has 12 rings (SSSR count). The van der Waals surface area contributed by atoms with Gasteiger partial charge in [-0.05, 0) is 108 Å². The lowest BCUT2D eigenvalue weighted by atomic mass is 9.33. The minimum Gasteiger partial charge on any atom is -0.311 e. The molecule has 2 nitrogen and oxygen atoms in total. The Kier molecular flexibility index (Phi) is 7.75. The molecule has 9 aromatic carbocycles. The van der Waals surface area contributed by atoms with Gasteiger partial charge in [0, 0.05) is 34.1 Å². The summed E-state index contributed by atoms with van der Waals surface area (Å²) in [7, 11) is -4.57. The van der Waals surface area contributed by atoms with E-state index in [1.54, 1.807) is 0 Å². The minimum atomic E-state index is -2.72. The molecule has 0 spiro atoms. The molecule has 3 aliphatic rings. The first-order chi connectivity index (χ1) is 29.4. The normalized spacial score (nSPS) is 14.3. The fourth-order valence-corrected chi connectivity index (χ4v) is 17.1. The van der Waals surface area contributed by atoms with Crippen molar-refractivity contribution in [2.45, 2.75) is 19.6 Å². The summed E-state index contributed by atoms with van der Waals surface area (Å²) in [6.07, 6.45) is 0. The standard InChI is InChI=1S/C55H43BN2Si2/c1-59(2,3)44-36-51-55-52(37-44)58(41-31-32-46-45-27-15-18-30-53(45)60(54(46)35-41,42-23-9-5-10-24-42)43-25-11-6-12-26-43)49-29-17-16-28-47(49)56(55)48-33-38-19-13-14-20-39(38)34-50(48)57(51)40-21-7-4-8-22-40/h4-37H,1-3H3. The van der Waals surface area contributed by atoms with Gasteiger partial charge in [0.15, 0.2) is 8.07 Å². The Morgan fingerprint density at radius 1 is 0.400 bits per heavy atom. The average Bonchev–Trinajstić information content (AvgIpc) is 3.59. The van der Waals surface area contributed by atoms with E-state index in [4.69, 9.17) is 0 Å². The Morgan fingerprint density at radius 3 is 1.63 bits per heavy atom. The number of fused-ring (bicyclic) bond motifs is 8. The zero-order valence-corrected chi connectivity index (χ0v) is 36.1. The third-order valence-electron chi connectivity index (χ3n) is 13.4. The number of rotatable bonds is 5. The quantitative estimate of drug-likeness (QED) is 0.161. The zero-order valence-electron chi connectivity index (χ0n) is 34.1. The van der Waals surface area contributed by atoms with Crippen molar-refractivity contribution in [1.82, 2.24) is 0 Å². The van der Waals surface area contributed by atoms with Gasteiger partial charge in [-0.1, -0.05) is 183 Å². The third kappa shape index (κ3) is 5.00. The van der Waals surface area contributed by atoms with Gasteiger partial charge in [-0.3, -0.25) is 0 Å². The van der Waals surface area contributed by atoms with Crippen LogP contribution in [-0.2, 0) is 0 Å². The van der Waals surface area contributed by atoms with Crippen molar-refractivity contribution in [3.63, 3.8) is 0 Å². The SMILES string of the molecule is C[Si](C)(C)c1cc2c3c(c1)N(c1ccccc1)c1cc4ccccc4cc1B3c1ccccc1N2c1ccc2c(c1)[Si](c1ccccc1)(c1ccccc1)c1ccccc1-2. The Labute approximate surface area is 355 Å². The van der Waals surface area contributed by atoms with Crippen molar-refractivity contribution in [2.75, 3.05) is 9.80 Å². The molecule has 60 heavy (non-hydrogen) atoms. The summed E-state index contributed by atoms with van der Waals surface area (Å²) in [5.41, 5.74) is 14.3. The van der Waals surface area contributed by atoms with Gasteiger partial charge in [0.1, 0.15) is 0 Å². The lowest BCUT2D eigenvalue weighted by Crippen LogP contribution is -2.72. The Hall–Kier alpha value is -6.66. The van der Waals surface area contributed by atoms with Gasteiger partial charge in [0.25, 0.3) is 6.71 Å². The fourth-order valence-electron chi connectivity index (χ4n) is 10.8. The van der Waals surface area contributed by atoms with E-state index < -0.39 is 16.1 Å². The highest BCUT2D eigenvalue weighted by atomic mass is 28.3. The molecule has 0 saturated carbocycles. The number of hydrogen-bond acceptors (Lipinski definition) is 2. The molecule has 0 radical (unpaired) electrons. The van der Waals surface area contributed by atoms with E-state index >= 15 is 0 Å². The smallest absolute Gasteiger partial charge is 0.252 e. The summed E-state index contributed by atoms with van der Waals surface area (Å²) >= 11 is 0. The van der Waals surface area contributed by atoms with Crippen LogP contribution in [0.3, 0.4) is 0 Å². The number of anilines is 6. The number of para-hydroxylation sites is 2. The summed E-state index contributed by atoms with van der Waals surface area (Å²) < 4.78 is 0. The lowest BCUT2D eigenvalue weighted by Gasteiger charge is -2.45. The van der Waals surface area contributed by atoms with Crippen LogP contribution in [0.1, 0.15) is 0 Å². The van der Waals surface area contributed by atoms with Crippen LogP contribution < -0.4 is 52.1 Å². The molecule has 0 amide bonds. The van der Waals surface area contributed by atoms with Crippen molar-refractivity contribution < 1.29 is 0 Å². The fraction of sp³-hybridized carbons (Fsp3) is 0.0545. The maximum Gasteiger partial charge on any atom is 0.252 e. The molecule has 0 aliphatic carbocycles. The highest BCUT2D eigenvalue weighted by Crippen LogP contribution is 2.45. The molecule has 9 aromatic rings. The number of benzene rings is 9. The topological polar surface area (TPSA) is 6.48 Å². The zero-order chi connectivity index (χ0) is 40.2. The van der Waals surface area contributed by atoms with Crippen LogP contribution in [-0.4, -0.2) is 22.9 Å². The van der Waals surface area contributed by atoms with Crippen molar-refractivity contribution in [2.24, 2.45) is 0 Å². The summed E-state index contributed by atoms with van der Waals surface area (Å²) in [5, 5.41) is 9.74. The first kappa shape index (κ1) is 35.3. The molecular formula is C55H43BN2Si2. The van der Waals surface area contributed by atoms with E-state index in [-0.39, 0.29) is 6.71 Å². The molecule has 3 heterocycles. The molecule has 0 aromatic heterocycles. The second-order valence-corrected chi connectivity index (χ2v) is 26.5. The predicted molar refractivity (Wildman–Crippen MR) is 264 cm³/mol. The number of nitrogens with zero attached hydrogens (tertiary/aromatic N) is 2. The average molecular weight is 799 g/mol.